The first-order valence-corrected chi connectivity index (χ1v) is 10.6. The van der Waals surface area contributed by atoms with Crippen LogP contribution in [0.25, 0.3) is 0 Å². The van der Waals surface area contributed by atoms with Gasteiger partial charge >= 0.3 is 0 Å². The predicted octanol–water partition coefficient (Wildman–Crippen LogP) is 3.39. The van der Waals surface area contributed by atoms with Gasteiger partial charge in [0, 0.05) is 43.0 Å². The molecule has 0 unspecified atom stereocenters. The number of nitrogens with one attached hydrogen (secondary N) is 2. The molecule has 0 amide bonds. The molecule has 1 aliphatic heterocycles. The SMILES string of the molecule is O=S(=O)(c1cc(F)cc(F)c1)N1CCC(c2cc(Nc3ccccn3)n[nH]2)CC1. The Morgan fingerprint density at radius 3 is 2.41 bits per heavy atom. The van der Waals surface area contributed by atoms with Crippen molar-refractivity contribution >= 4 is 21.7 Å². The third-order valence-electron chi connectivity index (χ3n) is 4.89. The highest BCUT2D eigenvalue weighted by Gasteiger charge is 2.31. The van der Waals surface area contributed by atoms with Crippen LogP contribution >= 0.6 is 0 Å². The molecule has 2 aromatic heterocycles. The van der Waals surface area contributed by atoms with Crippen molar-refractivity contribution in [1.82, 2.24) is 19.5 Å². The summed E-state index contributed by atoms with van der Waals surface area (Å²) in [5, 5.41) is 10.3. The Balaban J connectivity index is 1.42. The van der Waals surface area contributed by atoms with Gasteiger partial charge < -0.3 is 5.32 Å². The number of aromatic nitrogens is 3. The van der Waals surface area contributed by atoms with E-state index in [0.717, 1.165) is 17.8 Å². The maximum atomic E-state index is 13.4. The molecule has 0 atom stereocenters. The molecule has 0 saturated carbocycles. The van der Waals surface area contributed by atoms with Crippen molar-refractivity contribution in [2.45, 2.75) is 23.7 Å². The number of piperidine rings is 1. The third-order valence-corrected chi connectivity index (χ3v) is 6.76. The third kappa shape index (κ3) is 4.28. The monoisotopic (exact) mass is 419 g/mol. The van der Waals surface area contributed by atoms with Gasteiger partial charge in [0.15, 0.2) is 5.82 Å². The molecule has 7 nitrogen and oxygen atoms in total. The molecule has 1 aromatic carbocycles. The van der Waals surface area contributed by atoms with Crippen LogP contribution in [0.4, 0.5) is 20.4 Å². The van der Waals surface area contributed by atoms with E-state index in [9.17, 15) is 17.2 Å². The summed E-state index contributed by atoms with van der Waals surface area (Å²) in [6, 6.07) is 9.73. The number of hydrogen-bond acceptors (Lipinski definition) is 5. The molecule has 1 fully saturated rings. The van der Waals surface area contributed by atoms with E-state index in [0.29, 0.717) is 30.5 Å². The number of sulfonamides is 1. The fourth-order valence-electron chi connectivity index (χ4n) is 3.41. The van der Waals surface area contributed by atoms with Crippen LogP contribution in [0, 0.1) is 11.6 Å². The lowest BCUT2D eigenvalue weighted by Gasteiger charge is -2.30. The van der Waals surface area contributed by atoms with Gasteiger partial charge in [-0.3, -0.25) is 5.10 Å². The number of nitrogens with zero attached hydrogens (tertiary/aromatic N) is 3. The highest BCUT2D eigenvalue weighted by atomic mass is 32.2. The quantitative estimate of drug-likeness (QED) is 0.662. The Labute approximate surface area is 166 Å². The Morgan fingerprint density at radius 1 is 1.03 bits per heavy atom. The van der Waals surface area contributed by atoms with E-state index < -0.39 is 21.7 Å². The van der Waals surface area contributed by atoms with E-state index in [1.807, 2.05) is 24.3 Å². The minimum absolute atomic E-state index is 0.109. The first-order valence-electron chi connectivity index (χ1n) is 9.11. The maximum absolute atomic E-state index is 13.4. The van der Waals surface area contributed by atoms with Crippen LogP contribution in [0.3, 0.4) is 0 Å². The number of halogens is 2. The molecule has 0 spiro atoms. The van der Waals surface area contributed by atoms with Crippen LogP contribution in [0.1, 0.15) is 24.5 Å². The fraction of sp³-hybridized carbons (Fsp3) is 0.263. The Kier molecular flexibility index (Phi) is 5.29. The Hall–Kier alpha value is -2.85. The molecular weight excluding hydrogens is 400 g/mol. The average molecular weight is 419 g/mol. The van der Waals surface area contributed by atoms with Crippen LogP contribution in [-0.2, 0) is 10.0 Å². The van der Waals surface area contributed by atoms with Crippen molar-refractivity contribution in [2.24, 2.45) is 0 Å². The molecule has 1 aliphatic rings. The molecule has 0 aliphatic carbocycles. The summed E-state index contributed by atoms with van der Waals surface area (Å²) >= 11 is 0. The molecule has 3 heterocycles. The largest absolute Gasteiger partial charge is 0.323 e. The summed E-state index contributed by atoms with van der Waals surface area (Å²) in [4.78, 5) is 3.82. The van der Waals surface area contributed by atoms with E-state index in [-0.39, 0.29) is 23.9 Å². The van der Waals surface area contributed by atoms with Crippen molar-refractivity contribution < 1.29 is 17.2 Å². The van der Waals surface area contributed by atoms with E-state index >= 15 is 0 Å². The highest BCUT2D eigenvalue weighted by molar-refractivity contribution is 7.89. The standard InChI is InChI=1S/C19H19F2N5O2S/c20-14-9-15(21)11-16(10-14)29(27,28)26-7-4-13(5-8-26)17-12-19(25-24-17)23-18-3-1-2-6-22-18/h1-3,6,9-13H,4-5,7-8H2,(H2,22,23,24,25). The molecule has 4 rings (SSSR count). The van der Waals surface area contributed by atoms with Crippen molar-refractivity contribution in [2.75, 3.05) is 18.4 Å². The van der Waals surface area contributed by atoms with Crippen LogP contribution in [-0.4, -0.2) is 41.0 Å². The van der Waals surface area contributed by atoms with Gasteiger partial charge in [-0.15, -0.1) is 0 Å². The van der Waals surface area contributed by atoms with Gasteiger partial charge in [0.25, 0.3) is 0 Å². The highest BCUT2D eigenvalue weighted by Crippen LogP contribution is 2.31. The second kappa shape index (κ2) is 7.88. The second-order valence-electron chi connectivity index (χ2n) is 6.83. The number of rotatable bonds is 5. The summed E-state index contributed by atoms with van der Waals surface area (Å²) in [5.74, 6) is -0.414. The smallest absolute Gasteiger partial charge is 0.243 e. The molecule has 10 heteroatoms. The van der Waals surface area contributed by atoms with E-state index in [1.165, 1.54) is 4.31 Å². The summed E-state index contributed by atoms with van der Waals surface area (Å²) in [7, 11) is -3.94. The normalized spacial score (nSPS) is 16.1. The first-order chi connectivity index (χ1) is 13.9. The number of anilines is 2. The zero-order valence-corrected chi connectivity index (χ0v) is 16.2. The summed E-state index contributed by atoms with van der Waals surface area (Å²) < 4.78 is 53.5. The Bertz CT molecular complexity index is 1080. The molecule has 0 bridgehead atoms. The van der Waals surface area contributed by atoms with Gasteiger partial charge in [-0.1, -0.05) is 6.07 Å². The number of pyridine rings is 1. The molecule has 3 aromatic rings. The van der Waals surface area contributed by atoms with Crippen LogP contribution in [0.5, 0.6) is 0 Å². The molecular formula is C19H19F2N5O2S. The maximum Gasteiger partial charge on any atom is 0.243 e. The number of benzene rings is 1. The van der Waals surface area contributed by atoms with Gasteiger partial charge in [-0.05, 0) is 37.1 Å². The van der Waals surface area contributed by atoms with Gasteiger partial charge in [0.2, 0.25) is 10.0 Å². The topological polar surface area (TPSA) is 91.0 Å². The van der Waals surface area contributed by atoms with E-state index in [1.54, 1.807) is 6.20 Å². The minimum Gasteiger partial charge on any atom is -0.323 e. The Morgan fingerprint density at radius 2 is 1.76 bits per heavy atom. The lowest BCUT2D eigenvalue weighted by Crippen LogP contribution is -2.38. The van der Waals surface area contributed by atoms with Crippen molar-refractivity contribution in [3.05, 3.63) is 66.0 Å². The van der Waals surface area contributed by atoms with Crippen molar-refractivity contribution in [1.29, 1.82) is 0 Å². The molecule has 29 heavy (non-hydrogen) atoms. The number of hydrogen-bond donors (Lipinski definition) is 2. The van der Waals surface area contributed by atoms with Crippen molar-refractivity contribution in [3.8, 4) is 0 Å². The number of aromatic amines is 1. The minimum atomic E-state index is -3.94. The van der Waals surface area contributed by atoms with Gasteiger partial charge in [-0.2, -0.15) is 9.40 Å². The summed E-state index contributed by atoms with van der Waals surface area (Å²) in [6.07, 6.45) is 2.82. The van der Waals surface area contributed by atoms with Crippen molar-refractivity contribution in [3.63, 3.8) is 0 Å². The first kappa shape index (κ1) is 19.5. The fourth-order valence-corrected chi connectivity index (χ4v) is 4.92. The number of H-pyrrole nitrogens is 1. The van der Waals surface area contributed by atoms with E-state index in [2.05, 4.69) is 20.5 Å². The lowest BCUT2D eigenvalue weighted by atomic mass is 9.95. The zero-order chi connectivity index (χ0) is 20.4. The molecule has 1 saturated heterocycles. The van der Waals surface area contributed by atoms with Gasteiger partial charge in [-0.25, -0.2) is 22.2 Å². The average Bonchev–Trinajstić information content (AvgIpc) is 3.16. The van der Waals surface area contributed by atoms with Crippen LogP contribution in [0.15, 0.2) is 53.6 Å². The van der Waals surface area contributed by atoms with Gasteiger partial charge in [0.05, 0.1) is 4.90 Å². The summed E-state index contributed by atoms with van der Waals surface area (Å²) in [5.41, 5.74) is 0.900. The molecule has 0 radical (unpaired) electrons. The second-order valence-corrected chi connectivity index (χ2v) is 8.77. The zero-order valence-electron chi connectivity index (χ0n) is 15.3. The predicted molar refractivity (Wildman–Crippen MR) is 103 cm³/mol. The lowest BCUT2D eigenvalue weighted by molar-refractivity contribution is 0.316. The van der Waals surface area contributed by atoms with Crippen LogP contribution in [0.2, 0.25) is 0 Å². The van der Waals surface area contributed by atoms with Gasteiger partial charge in [0.1, 0.15) is 17.5 Å². The summed E-state index contributed by atoms with van der Waals surface area (Å²) in [6.45, 7) is 0.514. The molecule has 152 valence electrons. The van der Waals surface area contributed by atoms with E-state index in [4.69, 9.17) is 0 Å². The van der Waals surface area contributed by atoms with Crippen LogP contribution < -0.4 is 5.32 Å². The molecule has 2 N–H and O–H groups in total.